The summed E-state index contributed by atoms with van der Waals surface area (Å²) in [6, 6.07) is 2.06. The van der Waals surface area contributed by atoms with Crippen LogP contribution in [-0.4, -0.2) is 31.1 Å². The van der Waals surface area contributed by atoms with Gasteiger partial charge < -0.3 is 5.32 Å². The van der Waals surface area contributed by atoms with E-state index in [0.717, 1.165) is 26.2 Å². The van der Waals surface area contributed by atoms with Gasteiger partial charge in [0.25, 0.3) is 0 Å². The monoisotopic (exact) mass is 332 g/mol. The van der Waals surface area contributed by atoms with Crippen molar-refractivity contribution in [1.29, 1.82) is 0 Å². The van der Waals surface area contributed by atoms with Crippen LogP contribution in [0.25, 0.3) is 0 Å². The molecule has 2 rings (SSSR count). The standard InChI is InChI=1S/C12H15ClF2N2.2ClH/c1-8(17-4-2-16-3-5-17)12-10(14)6-9(13)7-11(12)15;;/h6-8,16H,2-5H2,1H3;2*1H/t8-;;/m0../s1. The summed E-state index contributed by atoms with van der Waals surface area (Å²) < 4.78 is 27.5. The zero-order chi connectivity index (χ0) is 12.4. The highest BCUT2D eigenvalue weighted by atomic mass is 35.5. The van der Waals surface area contributed by atoms with Crippen LogP contribution in [0.1, 0.15) is 18.5 Å². The van der Waals surface area contributed by atoms with Crippen LogP contribution < -0.4 is 5.32 Å². The molecule has 1 atom stereocenters. The van der Waals surface area contributed by atoms with E-state index in [1.165, 1.54) is 12.1 Å². The van der Waals surface area contributed by atoms with Gasteiger partial charge in [0.05, 0.1) is 0 Å². The zero-order valence-corrected chi connectivity index (χ0v) is 12.8. The van der Waals surface area contributed by atoms with Crippen LogP contribution in [0, 0.1) is 11.6 Å². The van der Waals surface area contributed by atoms with Crippen molar-refractivity contribution in [2.24, 2.45) is 0 Å². The topological polar surface area (TPSA) is 15.3 Å². The SMILES string of the molecule is C[C@@H](c1c(F)cc(Cl)cc1F)N1CCNCC1.Cl.Cl. The number of rotatable bonds is 2. The first-order valence-corrected chi connectivity index (χ1v) is 6.06. The third kappa shape index (κ3) is 4.43. The third-order valence-electron chi connectivity index (χ3n) is 3.16. The molecule has 0 bridgehead atoms. The quantitative estimate of drug-likeness (QED) is 0.892. The lowest BCUT2D eigenvalue weighted by Crippen LogP contribution is -2.44. The normalized spacial score (nSPS) is 17.3. The lowest BCUT2D eigenvalue weighted by molar-refractivity contribution is 0.179. The van der Waals surface area contributed by atoms with E-state index in [1.807, 2.05) is 6.92 Å². The van der Waals surface area contributed by atoms with E-state index in [-0.39, 0.29) is 41.4 Å². The van der Waals surface area contributed by atoms with Gasteiger partial charge in [-0.1, -0.05) is 11.6 Å². The molecule has 19 heavy (non-hydrogen) atoms. The van der Waals surface area contributed by atoms with Crippen LogP contribution >= 0.6 is 36.4 Å². The summed E-state index contributed by atoms with van der Waals surface area (Å²) in [6.45, 7) is 5.11. The number of nitrogens with zero attached hydrogens (tertiary/aromatic N) is 1. The molecule has 0 saturated carbocycles. The van der Waals surface area contributed by atoms with E-state index < -0.39 is 11.6 Å². The van der Waals surface area contributed by atoms with Gasteiger partial charge in [0, 0.05) is 42.8 Å². The minimum absolute atomic E-state index is 0. The molecule has 1 aliphatic rings. The minimum atomic E-state index is -0.568. The maximum atomic E-state index is 13.7. The Morgan fingerprint density at radius 3 is 2.11 bits per heavy atom. The molecule has 1 fully saturated rings. The Bertz CT molecular complexity index is 389. The fraction of sp³-hybridized carbons (Fsp3) is 0.500. The fourth-order valence-corrected chi connectivity index (χ4v) is 2.40. The predicted octanol–water partition coefficient (Wildman–Crippen LogP) is 3.43. The number of piperazine rings is 1. The van der Waals surface area contributed by atoms with Crippen LogP contribution in [0.4, 0.5) is 8.78 Å². The van der Waals surface area contributed by atoms with Crippen molar-refractivity contribution in [3.63, 3.8) is 0 Å². The number of halogens is 5. The summed E-state index contributed by atoms with van der Waals surface area (Å²) in [5, 5.41) is 3.30. The molecule has 0 amide bonds. The summed E-state index contributed by atoms with van der Waals surface area (Å²) in [7, 11) is 0. The first-order chi connectivity index (χ1) is 8.09. The summed E-state index contributed by atoms with van der Waals surface area (Å²) in [4.78, 5) is 2.06. The molecule has 1 N–H and O–H groups in total. The molecule has 2 nitrogen and oxygen atoms in total. The second-order valence-electron chi connectivity index (χ2n) is 4.25. The number of hydrogen-bond acceptors (Lipinski definition) is 2. The average molecular weight is 334 g/mol. The molecule has 1 aliphatic heterocycles. The maximum absolute atomic E-state index is 13.7. The summed E-state index contributed by atoms with van der Waals surface area (Å²) >= 11 is 5.61. The molecular formula is C12H17Cl3F2N2. The van der Waals surface area contributed by atoms with Crippen molar-refractivity contribution in [2.75, 3.05) is 26.2 Å². The summed E-state index contributed by atoms with van der Waals surface area (Å²) in [6.07, 6.45) is 0. The molecule has 0 aromatic heterocycles. The Labute approximate surface area is 129 Å². The Morgan fingerprint density at radius 2 is 1.63 bits per heavy atom. The van der Waals surface area contributed by atoms with Crippen molar-refractivity contribution in [2.45, 2.75) is 13.0 Å². The molecule has 1 saturated heterocycles. The largest absolute Gasteiger partial charge is 0.314 e. The molecule has 0 radical (unpaired) electrons. The Morgan fingerprint density at radius 1 is 1.16 bits per heavy atom. The second-order valence-corrected chi connectivity index (χ2v) is 4.68. The molecular weight excluding hydrogens is 317 g/mol. The molecule has 0 spiro atoms. The molecule has 0 unspecified atom stereocenters. The fourth-order valence-electron chi connectivity index (χ4n) is 2.20. The van der Waals surface area contributed by atoms with Crippen LogP contribution in [0.2, 0.25) is 5.02 Å². The van der Waals surface area contributed by atoms with E-state index in [4.69, 9.17) is 11.6 Å². The van der Waals surface area contributed by atoms with Gasteiger partial charge in [-0.05, 0) is 19.1 Å². The molecule has 1 aromatic carbocycles. The van der Waals surface area contributed by atoms with Crippen molar-refractivity contribution in [3.8, 4) is 0 Å². The molecule has 1 aromatic rings. The Balaban J connectivity index is 0.00000162. The predicted molar refractivity (Wildman–Crippen MR) is 78.7 cm³/mol. The van der Waals surface area contributed by atoms with Gasteiger partial charge in [-0.3, -0.25) is 4.90 Å². The highest BCUT2D eigenvalue weighted by Crippen LogP contribution is 2.28. The number of nitrogens with one attached hydrogen (secondary N) is 1. The van der Waals surface area contributed by atoms with Gasteiger partial charge in [0.15, 0.2) is 0 Å². The first-order valence-electron chi connectivity index (χ1n) is 5.69. The molecule has 0 aliphatic carbocycles. The van der Waals surface area contributed by atoms with Gasteiger partial charge in [0.1, 0.15) is 11.6 Å². The highest BCUT2D eigenvalue weighted by molar-refractivity contribution is 6.30. The van der Waals surface area contributed by atoms with E-state index in [2.05, 4.69) is 10.2 Å². The van der Waals surface area contributed by atoms with Gasteiger partial charge in [-0.15, -0.1) is 24.8 Å². The number of benzene rings is 1. The Kier molecular flexibility index (Phi) is 8.17. The van der Waals surface area contributed by atoms with Crippen molar-refractivity contribution in [3.05, 3.63) is 34.4 Å². The smallest absolute Gasteiger partial charge is 0.132 e. The van der Waals surface area contributed by atoms with Gasteiger partial charge in [-0.25, -0.2) is 8.78 Å². The zero-order valence-electron chi connectivity index (χ0n) is 10.5. The second kappa shape index (κ2) is 8.22. The van der Waals surface area contributed by atoms with Gasteiger partial charge >= 0.3 is 0 Å². The number of hydrogen-bond donors (Lipinski definition) is 1. The Hall–Kier alpha value is -0.130. The maximum Gasteiger partial charge on any atom is 0.132 e. The molecule has 110 valence electrons. The highest BCUT2D eigenvalue weighted by Gasteiger charge is 2.24. The third-order valence-corrected chi connectivity index (χ3v) is 3.38. The lowest BCUT2D eigenvalue weighted by Gasteiger charge is -2.33. The lowest BCUT2D eigenvalue weighted by atomic mass is 10.0. The van der Waals surface area contributed by atoms with E-state index in [9.17, 15) is 8.78 Å². The van der Waals surface area contributed by atoms with Crippen molar-refractivity contribution in [1.82, 2.24) is 10.2 Å². The van der Waals surface area contributed by atoms with Crippen LogP contribution in [0.3, 0.4) is 0 Å². The van der Waals surface area contributed by atoms with Gasteiger partial charge in [-0.2, -0.15) is 0 Å². The van der Waals surface area contributed by atoms with Crippen molar-refractivity contribution < 1.29 is 8.78 Å². The van der Waals surface area contributed by atoms with Crippen LogP contribution in [0.5, 0.6) is 0 Å². The minimum Gasteiger partial charge on any atom is -0.314 e. The first kappa shape index (κ1) is 18.9. The molecule has 7 heteroatoms. The summed E-state index contributed by atoms with van der Waals surface area (Å²) in [5.41, 5.74) is 0.108. The molecule has 1 heterocycles. The average Bonchev–Trinajstić information content (AvgIpc) is 2.28. The van der Waals surface area contributed by atoms with E-state index >= 15 is 0 Å². The van der Waals surface area contributed by atoms with E-state index in [0.29, 0.717) is 0 Å². The van der Waals surface area contributed by atoms with Gasteiger partial charge in [0.2, 0.25) is 0 Å². The van der Waals surface area contributed by atoms with Crippen molar-refractivity contribution >= 4 is 36.4 Å². The van der Waals surface area contributed by atoms with E-state index in [1.54, 1.807) is 0 Å². The summed E-state index contributed by atoms with van der Waals surface area (Å²) in [5.74, 6) is -1.14. The van der Waals surface area contributed by atoms with Crippen LogP contribution in [-0.2, 0) is 0 Å². The van der Waals surface area contributed by atoms with Crippen LogP contribution in [0.15, 0.2) is 12.1 Å².